The molecule has 6 heteroatoms. The summed E-state index contributed by atoms with van der Waals surface area (Å²) in [6, 6.07) is 16.9. The van der Waals surface area contributed by atoms with Crippen LogP contribution in [0.3, 0.4) is 0 Å². The minimum absolute atomic E-state index is 0.326. The third-order valence-corrected chi connectivity index (χ3v) is 4.36. The average molecular weight is 365 g/mol. The number of esters is 1. The first kappa shape index (κ1) is 18.5. The molecule has 0 bridgehead atoms. The fraction of sp³-hybridized carbons (Fsp3) is 0.238. The second-order valence-corrected chi connectivity index (χ2v) is 6.11. The number of H-pyrrole nitrogens is 1. The number of carbonyl (C=O) groups excluding carboxylic acids is 2. The van der Waals surface area contributed by atoms with Gasteiger partial charge in [-0.1, -0.05) is 18.2 Å². The fourth-order valence-corrected chi connectivity index (χ4v) is 2.93. The molecular weight excluding hydrogens is 342 g/mol. The molecular formula is C21H23N3O3. The first-order valence-corrected chi connectivity index (χ1v) is 9.00. The zero-order chi connectivity index (χ0) is 19.2. The highest BCUT2D eigenvalue weighted by molar-refractivity contribution is 5.97. The van der Waals surface area contributed by atoms with Crippen LogP contribution >= 0.6 is 0 Å². The molecule has 2 N–H and O–H groups in total. The van der Waals surface area contributed by atoms with Crippen molar-refractivity contribution in [1.82, 2.24) is 4.98 Å². The van der Waals surface area contributed by atoms with Crippen LogP contribution in [0.25, 0.3) is 10.9 Å². The van der Waals surface area contributed by atoms with E-state index < -0.39 is 5.97 Å². The summed E-state index contributed by atoms with van der Waals surface area (Å²) >= 11 is 0. The van der Waals surface area contributed by atoms with Crippen molar-refractivity contribution in [3.63, 3.8) is 0 Å². The lowest BCUT2D eigenvalue weighted by Crippen LogP contribution is -2.22. The molecule has 0 aliphatic heterocycles. The predicted molar refractivity (Wildman–Crippen MR) is 107 cm³/mol. The molecule has 0 aliphatic rings. The Hall–Kier alpha value is -3.28. The van der Waals surface area contributed by atoms with Gasteiger partial charge in [0.05, 0.1) is 0 Å². The molecule has 1 amide bonds. The maximum Gasteiger partial charge on any atom is 0.355 e. The Bertz CT molecular complexity index is 894. The molecule has 2 aromatic carbocycles. The van der Waals surface area contributed by atoms with E-state index in [-0.39, 0.29) is 12.5 Å². The van der Waals surface area contributed by atoms with Crippen molar-refractivity contribution in [3.05, 3.63) is 60.3 Å². The largest absolute Gasteiger partial charge is 0.451 e. The fourth-order valence-electron chi connectivity index (χ4n) is 2.93. The first-order chi connectivity index (χ1) is 13.1. The third-order valence-electron chi connectivity index (χ3n) is 4.36. The number of para-hydroxylation sites is 1. The smallest absolute Gasteiger partial charge is 0.355 e. The molecule has 1 heterocycles. The lowest BCUT2D eigenvalue weighted by Gasteiger charge is -2.21. The molecule has 140 valence electrons. The van der Waals surface area contributed by atoms with Gasteiger partial charge in [-0.2, -0.15) is 0 Å². The number of rotatable bonds is 7. The van der Waals surface area contributed by atoms with E-state index in [0.717, 1.165) is 29.7 Å². The summed E-state index contributed by atoms with van der Waals surface area (Å²) < 4.78 is 5.10. The van der Waals surface area contributed by atoms with Crippen LogP contribution in [-0.2, 0) is 9.53 Å². The molecule has 27 heavy (non-hydrogen) atoms. The van der Waals surface area contributed by atoms with Crippen molar-refractivity contribution in [2.75, 3.05) is 29.9 Å². The lowest BCUT2D eigenvalue weighted by atomic mass is 10.2. The summed E-state index contributed by atoms with van der Waals surface area (Å²) in [5, 5.41) is 3.65. The number of hydrogen-bond donors (Lipinski definition) is 2. The van der Waals surface area contributed by atoms with Crippen LogP contribution < -0.4 is 10.2 Å². The summed E-state index contributed by atoms with van der Waals surface area (Å²) in [7, 11) is 0. The van der Waals surface area contributed by atoms with Gasteiger partial charge in [0.25, 0.3) is 5.91 Å². The Labute approximate surface area is 158 Å². The van der Waals surface area contributed by atoms with Gasteiger partial charge >= 0.3 is 5.97 Å². The number of aromatic amines is 1. The molecule has 0 radical (unpaired) electrons. The van der Waals surface area contributed by atoms with Crippen LogP contribution in [0.4, 0.5) is 11.4 Å². The van der Waals surface area contributed by atoms with Gasteiger partial charge < -0.3 is 19.9 Å². The van der Waals surface area contributed by atoms with Crippen LogP contribution in [0.15, 0.2) is 54.6 Å². The van der Waals surface area contributed by atoms with E-state index in [9.17, 15) is 9.59 Å². The van der Waals surface area contributed by atoms with E-state index in [2.05, 4.69) is 29.0 Å². The monoisotopic (exact) mass is 365 g/mol. The van der Waals surface area contributed by atoms with Crippen molar-refractivity contribution in [3.8, 4) is 0 Å². The number of ether oxygens (including phenoxy) is 1. The first-order valence-electron chi connectivity index (χ1n) is 9.00. The van der Waals surface area contributed by atoms with Gasteiger partial charge in [-0.25, -0.2) is 4.79 Å². The van der Waals surface area contributed by atoms with Crippen LogP contribution in [0, 0.1) is 0 Å². The molecule has 3 aromatic rings. The SMILES string of the molecule is CCN(CC)c1ccc(NC(=O)COC(=O)c2cc3ccccc3[nH]2)cc1. The summed E-state index contributed by atoms with van der Waals surface area (Å²) in [5.74, 6) is -0.937. The number of nitrogens with one attached hydrogen (secondary N) is 2. The zero-order valence-electron chi connectivity index (χ0n) is 15.5. The van der Waals surface area contributed by atoms with Gasteiger partial charge in [0.15, 0.2) is 6.61 Å². The van der Waals surface area contributed by atoms with Gasteiger partial charge in [0, 0.05) is 35.4 Å². The zero-order valence-corrected chi connectivity index (χ0v) is 15.5. The van der Waals surface area contributed by atoms with E-state index in [4.69, 9.17) is 4.74 Å². The van der Waals surface area contributed by atoms with Gasteiger partial charge in [-0.15, -0.1) is 0 Å². The van der Waals surface area contributed by atoms with Gasteiger partial charge in [0.2, 0.25) is 0 Å². The quantitative estimate of drug-likeness (QED) is 0.625. The van der Waals surface area contributed by atoms with Gasteiger partial charge in [0.1, 0.15) is 5.69 Å². The number of nitrogens with zero attached hydrogens (tertiary/aromatic N) is 1. The molecule has 0 saturated carbocycles. The molecule has 1 aromatic heterocycles. The van der Waals surface area contributed by atoms with Crippen LogP contribution in [0.5, 0.6) is 0 Å². The molecule has 0 aliphatic carbocycles. The van der Waals surface area contributed by atoms with Crippen molar-refractivity contribution in [2.45, 2.75) is 13.8 Å². The number of carbonyl (C=O) groups is 2. The highest BCUT2D eigenvalue weighted by Gasteiger charge is 2.13. The topological polar surface area (TPSA) is 74.4 Å². The molecule has 0 unspecified atom stereocenters. The van der Waals surface area contributed by atoms with Crippen LogP contribution in [0.2, 0.25) is 0 Å². The van der Waals surface area contributed by atoms with Crippen molar-refractivity contribution >= 4 is 34.2 Å². The summed E-state index contributed by atoms with van der Waals surface area (Å²) in [6.45, 7) is 5.70. The van der Waals surface area contributed by atoms with Crippen molar-refractivity contribution in [2.24, 2.45) is 0 Å². The minimum Gasteiger partial charge on any atom is -0.451 e. The Morgan fingerprint density at radius 3 is 2.41 bits per heavy atom. The second-order valence-electron chi connectivity index (χ2n) is 6.11. The molecule has 6 nitrogen and oxygen atoms in total. The maximum atomic E-state index is 12.1. The summed E-state index contributed by atoms with van der Waals surface area (Å²) in [5.41, 5.74) is 2.94. The van der Waals surface area contributed by atoms with Gasteiger partial charge in [-0.3, -0.25) is 4.79 Å². The second kappa shape index (κ2) is 8.40. The third kappa shape index (κ3) is 4.47. The Kier molecular flexibility index (Phi) is 5.76. The number of aromatic nitrogens is 1. The van der Waals surface area contributed by atoms with Crippen LogP contribution in [0.1, 0.15) is 24.3 Å². The number of fused-ring (bicyclic) bond motifs is 1. The van der Waals surface area contributed by atoms with Crippen molar-refractivity contribution in [1.29, 1.82) is 0 Å². The predicted octanol–water partition coefficient (Wildman–Crippen LogP) is 3.81. The number of amides is 1. The average Bonchev–Trinajstić information content (AvgIpc) is 3.13. The Morgan fingerprint density at radius 2 is 1.74 bits per heavy atom. The summed E-state index contributed by atoms with van der Waals surface area (Å²) in [4.78, 5) is 29.4. The highest BCUT2D eigenvalue weighted by atomic mass is 16.5. The molecule has 0 spiro atoms. The van der Waals surface area contributed by atoms with E-state index in [0.29, 0.717) is 11.4 Å². The number of hydrogen-bond acceptors (Lipinski definition) is 4. The number of anilines is 2. The molecule has 3 rings (SSSR count). The highest BCUT2D eigenvalue weighted by Crippen LogP contribution is 2.18. The minimum atomic E-state index is -0.557. The standard InChI is InChI=1S/C21H23N3O3/c1-3-24(4-2)17-11-9-16(10-12-17)22-20(25)14-27-21(26)19-13-15-7-5-6-8-18(15)23-19/h5-13,23H,3-4,14H2,1-2H3,(H,22,25). The Morgan fingerprint density at radius 1 is 1.04 bits per heavy atom. The van der Waals surface area contributed by atoms with E-state index in [1.807, 2.05) is 48.5 Å². The maximum absolute atomic E-state index is 12.1. The van der Waals surface area contributed by atoms with E-state index >= 15 is 0 Å². The van der Waals surface area contributed by atoms with Crippen LogP contribution in [-0.4, -0.2) is 36.6 Å². The Balaban J connectivity index is 1.54. The lowest BCUT2D eigenvalue weighted by molar-refractivity contribution is -0.119. The number of benzene rings is 2. The normalized spacial score (nSPS) is 10.6. The van der Waals surface area contributed by atoms with Crippen molar-refractivity contribution < 1.29 is 14.3 Å². The summed E-state index contributed by atoms with van der Waals surface area (Å²) in [6.07, 6.45) is 0. The molecule has 0 saturated heterocycles. The van der Waals surface area contributed by atoms with E-state index in [1.165, 1.54) is 0 Å². The van der Waals surface area contributed by atoms with E-state index in [1.54, 1.807) is 6.07 Å². The van der Waals surface area contributed by atoms with Gasteiger partial charge in [-0.05, 0) is 50.2 Å². The molecule has 0 atom stereocenters. The molecule has 0 fully saturated rings.